The van der Waals surface area contributed by atoms with Crippen molar-refractivity contribution in [2.24, 2.45) is 0 Å². The maximum atomic E-state index is 12.2. The Bertz CT molecular complexity index is 700. The second kappa shape index (κ2) is 5.97. The summed E-state index contributed by atoms with van der Waals surface area (Å²) in [7, 11) is 0. The zero-order valence-electron chi connectivity index (χ0n) is 12.3. The molecule has 3 rings (SSSR count). The molecule has 1 heterocycles. The number of rotatable bonds is 4. The lowest BCUT2D eigenvalue weighted by molar-refractivity contribution is -0.123. The number of carbonyl (C=O) groups excluding carboxylic acids is 1. The highest BCUT2D eigenvalue weighted by molar-refractivity contribution is 5.98. The number of fused-ring (bicyclic) bond motifs is 1. The Kier molecular flexibility index (Phi) is 3.87. The molecule has 0 saturated heterocycles. The van der Waals surface area contributed by atoms with Crippen LogP contribution in [-0.4, -0.2) is 18.6 Å². The fourth-order valence-electron chi connectivity index (χ4n) is 2.46. The first-order valence-corrected chi connectivity index (χ1v) is 7.25. The highest BCUT2D eigenvalue weighted by Crippen LogP contribution is 2.33. The number of hydrogen-bond donors (Lipinski definition) is 2. The van der Waals surface area contributed by atoms with Gasteiger partial charge in [0.05, 0.1) is 12.3 Å². The monoisotopic (exact) mass is 298 g/mol. The van der Waals surface area contributed by atoms with E-state index in [0.29, 0.717) is 30.2 Å². The smallest absolute Gasteiger partial charge is 0.265 e. The van der Waals surface area contributed by atoms with Crippen molar-refractivity contribution in [1.82, 2.24) is 0 Å². The highest BCUT2D eigenvalue weighted by Gasteiger charge is 2.28. The molecule has 1 aliphatic rings. The van der Waals surface area contributed by atoms with E-state index >= 15 is 0 Å². The van der Waals surface area contributed by atoms with E-state index in [0.717, 1.165) is 11.3 Å². The number of amides is 1. The Labute approximate surface area is 129 Å². The minimum atomic E-state index is -0.601. The molecule has 2 aromatic rings. The summed E-state index contributed by atoms with van der Waals surface area (Å²) in [6.45, 7) is 2.51. The molecule has 1 aliphatic heterocycles. The maximum absolute atomic E-state index is 12.2. The van der Waals surface area contributed by atoms with Gasteiger partial charge in [0.15, 0.2) is 6.10 Å². The summed E-state index contributed by atoms with van der Waals surface area (Å²) >= 11 is 0. The number of ether oxygens (including phenoxy) is 2. The molecule has 0 bridgehead atoms. The SMILES string of the molecule is CCOc1ccccc1CC1Oc2cc(N)ccc2NC1=O. The number of anilines is 2. The van der Waals surface area contributed by atoms with Gasteiger partial charge in [-0.1, -0.05) is 18.2 Å². The van der Waals surface area contributed by atoms with E-state index in [1.165, 1.54) is 0 Å². The number of nitrogens with one attached hydrogen (secondary N) is 1. The third-order valence-electron chi connectivity index (χ3n) is 3.50. The first-order valence-electron chi connectivity index (χ1n) is 7.25. The van der Waals surface area contributed by atoms with Gasteiger partial charge < -0.3 is 20.5 Å². The highest BCUT2D eigenvalue weighted by atomic mass is 16.5. The average Bonchev–Trinajstić information content (AvgIpc) is 2.50. The van der Waals surface area contributed by atoms with Gasteiger partial charge in [0.1, 0.15) is 11.5 Å². The molecule has 5 nitrogen and oxygen atoms in total. The van der Waals surface area contributed by atoms with Crippen LogP contribution in [0, 0.1) is 0 Å². The number of hydrogen-bond acceptors (Lipinski definition) is 4. The molecule has 0 aliphatic carbocycles. The van der Waals surface area contributed by atoms with Gasteiger partial charge in [0.2, 0.25) is 0 Å². The van der Waals surface area contributed by atoms with E-state index < -0.39 is 6.10 Å². The number of carbonyl (C=O) groups is 1. The Hall–Kier alpha value is -2.69. The molecule has 1 unspecified atom stereocenters. The Morgan fingerprint density at radius 3 is 2.91 bits per heavy atom. The van der Waals surface area contributed by atoms with Crippen LogP contribution in [0.25, 0.3) is 0 Å². The standard InChI is InChI=1S/C17H18N2O3/c1-2-21-14-6-4-3-5-11(14)9-16-17(20)19-13-8-7-12(18)10-15(13)22-16/h3-8,10,16H,2,9,18H2,1H3,(H,19,20). The summed E-state index contributed by atoms with van der Waals surface area (Å²) in [6.07, 6.45) is -0.160. The fourth-order valence-corrected chi connectivity index (χ4v) is 2.46. The second-order valence-electron chi connectivity index (χ2n) is 5.10. The molecular weight excluding hydrogens is 280 g/mol. The lowest BCUT2D eigenvalue weighted by Crippen LogP contribution is -2.38. The molecule has 2 aromatic carbocycles. The number of benzene rings is 2. The van der Waals surface area contributed by atoms with Crippen molar-refractivity contribution in [3.63, 3.8) is 0 Å². The first kappa shape index (κ1) is 14.3. The zero-order chi connectivity index (χ0) is 15.5. The van der Waals surface area contributed by atoms with Gasteiger partial charge in [-0.15, -0.1) is 0 Å². The molecule has 3 N–H and O–H groups in total. The third kappa shape index (κ3) is 2.83. The van der Waals surface area contributed by atoms with Crippen LogP contribution in [0.1, 0.15) is 12.5 Å². The Morgan fingerprint density at radius 1 is 1.27 bits per heavy atom. The van der Waals surface area contributed by atoms with Gasteiger partial charge in [0, 0.05) is 18.2 Å². The minimum absolute atomic E-state index is 0.163. The van der Waals surface area contributed by atoms with E-state index in [9.17, 15) is 4.79 Å². The van der Waals surface area contributed by atoms with Crippen LogP contribution in [0.5, 0.6) is 11.5 Å². The molecule has 114 valence electrons. The molecule has 0 fully saturated rings. The van der Waals surface area contributed by atoms with Crippen LogP contribution in [0.15, 0.2) is 42.5 Å². The van der Waals surface area contributed by atoms with Crippen molar-refractivity contribution < 1.29 is 14.3 Å². The molecular formula is C17H18N2O3. The van der Waals surface area contributed by atoms with Crippen LogP contribution in [0.4, 0.5) is 11.4 Å². The van der Waals surface area contributed by atoms with E-state index in [-0.39, 0.29) is 5.91 Å². The minimum Gasteiger partial charge on any atom is -0.494 e. The fraction of sp³-hybridized carbons (Fsp3) is 0.235. The largest absolute Gasteiger partial charge is 0.494 e. The summed E-state index contributed by atoms with van der Waals surface area (Å²) in [5.41, 5.74) is 7.95. The molecule has 0 spiro atoms. The van der Waals surface area contributed by atoms with Crippen molar-refractivity contribution >= 4 is 17.3 Å². The van der Waals surface area contributed by atoms with Crippen molar-refractivity contribution in [3.8, 4) is 11.5 Å². The summed E-state index contributed by atoms with van der Waals surface area (Å²) in [4.78, 5) is 12.2. The summed E-state index contributed by atoms with van der Waals surface area (Å²) in [5.74, 6) is 1.21. The molecule has 1 atom stereocenters. The predicted molar refractivity (Wildman–Crippen MR) is 85.2 cm³/mol. The molecule has 1 amide bonds. The Morgan fingerprint density at radius 2 is 2.09 bits per heavy atom. The van der Waals surface area contributed by atoms with Crippen molar-refractivity contribution in [2.45, 2.75) is 19.4 Å². The molecule has 5 heteroatoms. The van der Waals surface area contributed by atoms with Crippen LogP contribution in [0.2, 0.25) is 0 Å². The van der Waals surface area contributed by atoms with Gasteiger partial charge in [-0.3, -0.25) is 4.79 Å². The summed E-state index contributed by atoms with van der Waals surface area (Å²) < 4.78 is 11.4. The second-order valence-corrected chi connectivity index (χ2v) is 5.10. The van der Waals surface area contributed by atoms with Crippen molar-refractivity contribution in [2.75, 3.05) is 17.7 Å². The lowest BCUT2D eigenvalue weighted by Gasteiger charge is -2.26. The van der Waals surface area contributed by atoms with E-state index in [1.807, 2.05) is 31.2 Å². The first-order chi connectivity index (χ1) is 10.7. The van der Waals surface area contributed by atoms with Gasteiger partial charge >= 0.3 is 0 Å². The molecule has 0 saturated carbocycles. The normalized spacial score (nSPS) is 16.4. The average molecular weight is 298 g/mol. The maximum Gasteiger partial charge on any atom is 0.265 e. The van der Waals surface area contributed by atoms with E-state index in [4.69, 9.17) is 15.2 Å². The predicted octanol–water partition coefficient (Wildman–Crippen LogP) is 2.61. The molecule has 0 aromatic heterocycles. The van der Waals surface area contributed by atoms with Gasteiger partial charge in [-0.25, -0.2) is 0 Å². The van der Waals surface area contributed by atoms with Crippen LogP contribution >= 0.6 is 0 Å². The van der Waals surface area contributed by atoms with Crippen LogP contribution < -0.4 is 20.5 Å². The third-order valence-corrected chi connectivity index (χ3v) is 3.50. The van der Waals surface area contributed by atoms with Crippen LogP contribution in [-0.2, 0) is 11.2 Å². The quantitative estimate of drug-likeness (QED) is 0.851. The topological polar surface area (TPSA) is 73.6 Å². The lowest BCUT2D eigenvalue weighted by atomic mass is 10.0. The zero-order valence-corrected chi connectivity index (χ0v) is 12.3. The summed E-state index contributed by atoms with van der Waals surface area (Å²) in [5, 5.41) is 2.85. The van der Waals surface area contributed by atoms with Crippen molar-refractivity contribution in [3.05, 3.63) is 48.0 Å². The van der Waals surface area contributed by atoms with Crippen LogP contribution in [0.3, 0.4) is 0 Å². The number of nitrogen functional groups attached to an aromatic ring is 1. The Balaban J connectivity index is 1.83. The van der Waals surface area contributed by atoms with Gasteiger partial charge in [-0.2, -0.15) is 0 Å². The van der Waals surface area contributed by atoms with E-state index in [2.05, 4.69) is 5.32 Å². The van der Waals surface area contributed by atoms with Gasteiger partial charge in [-0.05, 0) is 30.7 Å². The molecule has 0 radical (unpaired) electrons. The van der Waals surface area contributed by atoms with Gasteiger partial charge in [0.25, 0.3) is 5.91 Å². The number of nitrogens with two attached hydrogens (primary N) is 1. The molecule has 22 heavy (non-hydrogen) atoms. The summed E-state index contributed by atoms with van der Waals surface area (Å²) in [6, 6.07) is 12.9. The van der Waals surface area contributed by atoms with Crippen molar-refractivity contribution in [1.29, 1.82) is 0 Å². The van der Waals surface area contributed by atoms with E-state index in [1.54, 1.807) is 18.2 Å². The number of para-hydroxylation sites is 1.